The van der Waals surface area contributed by atoms with Gasteiger partial charge in [0.2, 0.25) is 0 Å². The van der Waals surface area contributed by atoms with Crippen molar-refractivity contribution in [2.24, 2.45) is 0 Å². The van der Waals surface area contributed by atoms with Crippen molar-refractivity contribution in [3.8, 4) is 0 Å². The summed E-state index contributed by atoms with van der Waals surface area (Å²) in [6.07, 6.45) is -6.48. The van der Waals surface area contributed by atoms with Gasteiger partial charge in [-0.2, -0.15) is 0 Å². The highest BCUT2D eigenvalue weighted by molar-refractivity contribution is 4.83. The van der Waals surface area contributed by atoms with Crippen LogP contribution < -0.4 is 0 Å². The molecule has 0 aliphatic carbocycles. The molecule has 0 saturated carbocycles. The third-order valence-corrected chi connectivity index (χ3v) is 2.08. The van der Waals surface area contributed by atoms with Crippen LogP contribution in [0.4, 0.5) is 0 Å². The van der Waals surface area contributed by atoms with Crippen LogP contribution in [-0.4, -0.2) is 62.8 Å². The molecule has 0 aromatic rings. The van der Waals surface area contributed by atoms with Crippen molar-refractivity contribution in [2.45, 2.75) is 37.1 Å². The summed E-state index contributed by atoms with van der Waals surface area (Å²) in [7, 11) is 0. The Kier molecular flexibility index (Phi) is 3.60. The molecule has 1 aliphatic heterocycles. The maximum Gasteiger partial charge on any atom is 0.181 e. The second-order valence-corrected chi connectivity index (χ2v) is 3.11. The van der Waals surface area contributed by atoms with Crippen molar-refractivity contribution >= 4 is 0 Å². The molecule has 5 N–H and O–H groups in total. The number of aliphatic hydroxyl groups excluding tert-OH is 5. The molecule has 0 bridgehead atoms. The van der Waals surface area contributed by atoms with Crippen LogP contribution in [0.5, 0.6) is 0 Å². The van der Waals surface area contributed by atoms with Crippen LogP contribution in [0.25, 0.3) is 0 Å². The molecule has 0 spiro atoms. The summed E-state index contributed by atoms with van der Waals surface area (Å²) in [5, 5.41) is 45.5. The quantitative estimate of drug-likeness (QED) is 0.308. The van der Waals surface area contributed by atoms with Crippen molar-refractivity contribution in [3.63, 3.8) is 0 Å². The van der Waals surface area contributed by atoms with E-state index in [1.807, 2.05) is 0 Å². The fourth-order valence-electron chi connectivity index (χ4n) is 1.25. The molecule has 1 aliphatic rings. The fraction of sp³-hybridized carbons (Fsp3) is 1.00. The van der Waals surface area contributed by atoms with Crippen LogP contribution in [0.3, 0.4) is 0 Å². The highest BCUT2D eigenvalue weighted by Crippen LogP contribution is 2.18. The molecular formula is C7H14O6. The first kappa shape index (κ1) is 10.8. The van der Waals surface area contributed by atoms with Gasteiger partial charge < -0.3 is 30.3 Å². The average Bonchev–Trinajstić information content (AvgIpc) is 2.18. The van der Waals surface area contributed by atoms with Crippen LogP contribution in [0.1, 0.15) is 6.42 Å². The lowest BCUT2D eigenvalue weighted by molar-refractivity contribution is -0.200. The standard InChI is InChI=1S/C7H14O6/c8-2-5-6(11)3(9)1-4(10)7(12)13-5/h3-12H,1-2H2. The van der Waals surface area contributed by atoms with E-state index in [0.717, 1.165) is 0 Å². The summed E-state index contributed by atoms with van der Waals surface area (Å²) >= 11 is 0. The largest absolute Gasteiger partial charge is 0.394 e. The molecule has 1 saturated heterocycles. The molecule has 0 radical (unpaired) electrons. The molecule has 13 heavy (non-hydrogen) atoms. The van der Waals surface area contributed by atoms with Gasteiger partial charge >= 0.3 is 0 Å². The van der Waals surface area contributed by atoms with Crippen LogP contribution in [0.15, 0.2) is 0 Å². The third kappa shape index (κ3) is 2.37. The molecule has 78 valence electrons. The van der Waals surface area contributed by atoms with Crippen LogP contribution in [0, 0.1) is 0 Å². The van der Waals surface area contributed by atoms with Gasteiger partial charge in [-0.25, -0.2) is 0 Å². The molecule has 5 atom stereocenters. The summed E-state index contributed by atoms with van der Waals surface area (Å²) in [5.74, 6) is 0. The van der Waals surface area contributed by atoms with Gasteiger partial charge in [0, 0.05) is 6.42 Å². The molecule has 6 heteroatoms. The van der Waals surface area contributed by atoms with Gasteiger partial charge in [-0.15, -0.1) is 0 Å². The van der Waals surface area contributed by atoms with E-state index < -0.39 is 37.3 Å². The fourth-order valence-corrected chi connectivity index (χ4v) is 1.25. The van der Waals surface area contributed by atoms with Crippen molar-refractivity contribution in [3.05, 3.63) is 0 Å². The Labute approximate surface area is 75.0 Å². The molecule has 0 aromatic heterocycles. The number of hydrogen-bond acceptors (Lipinski definition) is 6. The Hall–Kier alpha value is -0.240. The second-order valence-electron chi connectivity index (χ2n) is 3.11. The Morgan fingerprint density at radius 3 is 2.23 bits per heavy atom. The summed E-state index contributed by atoms with van der Waals surface area (Å²) in [6.45, 7) is -0.526. The van der Waals surface area contributed by atoms with E-state index in [4.69, 9.17) is 20.1 Å². The predicted molar refractivity (Wildman–Crippen MR) is 40.6 cm³/mol. The van der Waals surface area contributed by atoms with Crippen molar-refractivity contribution in [1.82, 2.24) is 0 Å². The van der Waals surface area contributed by atoms with Gasteiger partial charge in [-0.1, -0.05) is 0 Å². The van der Waals surface area contributed by atoms with Gasteiger partial charge in [0.25, 0.3) is 0 Å². The normalized spacial score (nSPS) is 47.3. The Balaban J connectivity index is 2.68. The van der Waals surface area contributed by atoms with E-state index >= 15 is 0 Å². The lowest BCUT2D eigenvalue weighted by Crippen LogP contribution is -2.40. The third-order valence-electron chi connectivity index (χ3n) is 2.08. The first-order valence-electron chi connectivity index (χ1n) is 4.05. The van der Waals surface area contributed by atoms with Crippen molar-refractivity contribution < 1.29 is 30.3 Å². The topological polar surface area (TPSA) is 110 Å². The Bertz CT molecular complexity index is 163. The minimum Gasteiger partial charge on any atom is -0.394 e. The minimum atomic E-state index is -1.48. The molecular weight excluding hydrogens is 180 g/mol. The predicted octanol–water partition coefficient (Wildman–Crippen LogP) is -2.83. The van der Waals surface area contributed by atoms with Crippen LogP contribution in [0.2, 0.25) is 0 Å². The molecule has 1 rings (SSSR count). The summed E-state index contributed by atoms with van der Waals surface area (Å²) in [4.78, 5) is 0. The van der Waals surface area contributed by atoms with Crippen LogP contribution in [-0.2, 0) is 4.74 Å². The summed E-state index contributed by atoms with van der Waals surface area (Å²) in [6, 6.07) is 0. The number of ether oxygens (including phenoxy) is 1. The average molecular weight is 194 g/mol. The first-order valence-corrected chi connectivity index (χ1v) is 4.05. The number of rotatable bonds is 1. The maximum absolute atomic E-state index is 9.30. The highest BCUT2D eigenvalue weighted by atomic mass is 16.6. The van der Waals surface area contributed by atoms with E-state index in [1.165, 1.54) is 0 Å². The molecule has 1 fully saturated rings. The van der Waals surface area contributed by atoms with E-state index in [-0.39, 0.29) is 6.42 Å². The number of hydrogen-bond donors (Lipinski definition) is 5. The summed E-state index contributed by atoms with van der Waals surface area (Å²) in [5.41, 5.74) is 0. The van der Waals surface area contributed by atoms with Crippen LogP contribution >= 0.6 is 0 Å². The van der Waals surface area contributed by atoms with Gasteiger partial charge in [0.1, 0.15) is 18.3 Å². The van der Waals surface area contributed by atoms with E-state index in [0.29, 0.717) is 0 Å². The van der Waals surface area contributed by atoms with E-state index in [1.54, 1.807) is 0 Å². The monoisotopic (exact) mass is 194 g/mol. The minimum absolute atomic E-state index is 0.182. The second kappa shape index (κ2) is 4.32. The van der Waals surface area contributed by atoms with Gasteiger partial charge in [0.05, 0.1) is 12.7 Å². The molecule has 1 heterocycles. The highest BCUT2D eigenvalue weighted by Gasteiger charge is 2.36. The first-order chi connectivity index (χ1) is 6.06. The van der Waals surface area contributed by atoms with E-state index in [9.17, 15) is 10.2 Å². The smallest absolute Gasteiger partial charge is 0.181 e. The lowest BCUT2D eigenvalue weighted by Gasteiger charge is -2.21. The zero-order valence-electron chi connectivity index (χ0n) is 6.95. The summed E-state index contributed by atoms with van der Waals surface area (Å²) < 4.78 is 4.70. The number of aliphatic hydroxyl groups is 5. The van der Waals surface area contributed by atoms with Gasteiger partial charge in [0.15, 0.2) is 6.29 Å². The Morgan fingerprint density at radius 1 is 1.08 bits per heavy atom. The molecule has 6 nitrogen and oxygen atoms in total. The van der Waals surface area contributed by atoms with Crippen molar-refractivity contribution in [1.29, 1.82) is 0 Å². The molecule has 0 aromatic carbocycles. The van der Waals surface area contributed by atoms with E-state index in [2.05, 4.69) is 0 Å². The van der Waals surface area contributed by atoms with Crippen molar-refractivity contribution in [2.75, 3.05) is 6.61 Å². The molecule has 0 amide bonds. The van der Waals surface area contributed by atoms with Gasteiger partial charge in [-0.3, -0.25) is 0 Å². The molecule has 5 unspecified atom stereocenters. The van der Waals surface area contributed by atoms with Gasteiger partial charge in [-0.05, 0) is 0 Å². The Morgan fingerprint density at radius 2 is 1.69 bits per heavy atom. The maximum atomic E-state index is 9.30. The SMILES string of the molecule is OCC1OC(O)C(O)CC(O)C1O. The zero-order chi connectivity index (χ0) is 10.0. The zero-order valence-corrected chi connectivity index (χ0v) is 6.95. The lowest BCUT2D eigenvalue weighted by atomic mass is 10.0.